The summed E-state index contributed by atoms with van der Waals surface area (Å²) in [5.74, 6) is -0.508. The Bertz CT molecular complexity index is 581. The van der Waals surface area contributed by atoms with E-state index in [9.17, 15) is 9.59 Å². The van der Waals surface area contributed by atoms with Crippen molar-refractivity contribution in [1.29, 1.82) is 0 Å². The Morgan fingerprint density at radius 3 is 2.38 bits per heavy atom. The van der Waals surface area contributed by atoms with E-state index in [-0.39, 0.29) is 12.0 Å². The third kappa shape index (κ3) is 3.87. The fourth-order valence-corrected chi connectivity index (χ4v) is 2.77. The van der Waals surface area contributed by atoms with E-state index >= 15 is 0 Å². The highest BCUT2D eigenvalue weighted by atomic mass is 16.6. The second kappa shape index (κ2) is 7.21. The van der Waals surface area contributed by atoms with Crippen LogP contribution >= 0.6 is 0 Å². The molecular weight excluding hydrogens is 310 g/mol. The summed E-state index contributed by atoms with van der Waals surface area (Å²) in [5, 5.41) is 0. The molecule has 24 heavy (non-hydrogen) atoms. The van der Waals surface area contributed by atoms with Crippen molar-refractivity contribution in [1.82, 2.24) is 4.90 Å². The number of nitrogens with zero attached hydrogens (tertiary/aromatic N) is 1. The number of hydrogen-bond acceptors (Lipinski definition) is 5. The number of esters is 1. The fraction of sp³-hybridized carbons (Fsp3) is 0.556. The van der Waals surface area contributed by atoms with Crippen LogP contribution in [0.15, 0.2) is 30.3 Å². The molecule has 6 heteroatoms. The van der Waals surface area contributed by atoms with Gasteiger partial charge in [0.25, 0.3) is 0 Å². The van der Waals surface area contributed by atoms with Gasteiger partial charge >= 0.3 is 12.1 Å². The van der Waals surface area contributed by atoms with Crippen LogP contribution in [-0.4, -0.2) is 42.4 Å². The molecule has 0 unspecified atom stereocenters. The van der Waals surface area contributed by atoms with Gasteiger partial charge in [0.1, 0.15) is 12.8 Å². The van der Waals surface area contributed by atoms with E-state index in [1.165, 1.54) is 12.0 Å². The molecule has 0 saturated carbocycles. The fourth-order valence-electron chi connectivity index (χ4n) is 2.77. The number of hydrogen-bond donors (Lipinski definition) is 0. The first kappa shape index (κ1) is 18.3. The van der Waals surface area contributed by atoms with Gasteiger partial charge in [-0.1, -0.05) is 51.1 Å². The predicted molar refractivity (Wildman–Crippen MR) is 88.1 cm³/mol. The van der Waals surface area contributed by atoms with Gasteiger partial charge in [-0.25, -0.2) is 9.59 Å². The monoisotopic (exact) mass is 335 g/mol. The zero-order valence-electron chi connectivity index (χ0n) is 14.8. The minimum absolute atomic E-state index is 0.134. The van der Waals surface area contributed by atoms with Crippen molar-refractivity contribution in [3.05, 3.63) is 35.9 Å². The minimum atomic E-state index is -0.817. The summed E-state index contributed by atoms with van der Waals surface area (Å²) in [7, 11) is 1.30. The molecular formula is C18H25NO5. The Morgan fingerprint density at radius 2 is 1.83 bits per heavy atom. The van der Waals surface area contributed by atoms with Crippen LogP contribution in [0.25, 0.3) is 0 Å². The van der Waals surface area contributed by atoms with Gasteiger partial charge in [-0.2, -0.15) is 0 Å². The molecule has 1 amide bonds. The highest BCUT2D eigenvalue weighted by molar-refractivity contribution is 5.82. The molecule has 0 radical (unpaired) electrons. The molecule has 0 spiro atoms. The van der Waals surface area contributed by atoms with Crippen molar-refractivity contribution >= 4 is 12.1 Å². The second-order valence-corrected chi connectivity index (χ2v) is 6.98. The van der Waals surface area contributed by atoms with Crippen molar-refractivity contribution in [2.24, 2.45) is 5.41 Å². The Morgan fingerprint density at radius 1 is 1.21 bits per heavy atom. The topological polar surface area (TPSA) is 65.1 Å². The molecule has 1 aromatic rings. The van der Waals surface area contributed by atoms with Crippen LogP contribution in [0.5, 0.6) is 0 Å². The number of methoxy groups -OCH3 is 1. The minimum Gasteiger partial charge on any atom is -0.467 e. The second-order valence-electron chi connectivity index (χ2n) is 6.98. The molecule has 132 valence electrons. The van der Waals surface area contributed by atoms with Gasteiger partial charge in [0.05, 0.1) is 13.2 Å². The molecule has 1 aromatic carbocycles. The molecule has 1 aliphatic heterocycles. The van der Waals surface area contributed by atoms with Gasteiger partial charge in [0.2, 0.25) is 0 Å². The van der Waals surface area contributed by atoms with Crippen LogP contribution < -0.4 is 0 Å². The summed E-state index contributed by atoms with van der Waals surface area (Å²) in [5.41, 5.74) is 0.504. The number of amides is 1. The van der Waals surface area contributed by atoms with E-state index in [1.807, 2.05) is 51.1 Å². The summed E-state index contributed by atoms with van der Waals surface area (Å²) in [4.78, 5) is 26.2. The predicted octanol–water partition coefficient (Wildman–Crippen LogP) is 2.96. The van der Waals surface area contributed by atoms with E-state index in [0.29, 0.717) is 0 Å². The number of ether oxygens (including phenoxy) is 3. The average Bonchev–Trinajstić information content (AvgIpc) is 2.90. The van der Waals surface area contributed by atoms with Gasteiger partial charge in [-0.15, -0.1) is 0 Å². The van der Waals surface area contributed by atoms with Gasteiger partial charge in [-0.3, -0.25) is 4.90 Å². The maximum absolute atomic E-state index is 12.7. The van der Waals surface area contributed by atoms with Gasteiger partial charge in [0, 0.05) is 5.41 Å². The zero-order chi connectivity index (χ0) is 17.9. The van der Waals surface area contributed by atoms with Crippen molar-refractivity contribution in [3.63, 3.8) is 0 Å². The standard InChI is InChI=1S/C18H25NO5/c1-12-14(15(20)22-5)19(16(24-12)18(2,3)4)17(21)23-11-13-9-7-6-8-10-13/h6-10,12,14,16H,11H2,1-5H3/t12-,14+,16-/m1/s1. The molecule has 0 aromatic heterocycles. The number of rotatable bonds is 3. The zero-order valence-corrected chi connectivity index (χ0v) is 14.8. The maximum Gasteiger partial charge on any atom is 0.413 e. The van der Waals surface area contributed by atoms with Crippen molar-refractivity contribution < 1.29 is 23.8 Å². The first-order valence-electron chi connectivity index (χ1n) is 7.98. The molecule has 6 nitrogen and oxygen atoms in total. The Labute approximate surface area is 142 Å². The van der Waals surface area contributed by atoms with E-state index in [1.54, 1.807) is 6.92 Å². The highest BCUT2D eigenvalue weighted by Crippen LogP contribution is 2.36. The first-order valence-corrected chi connectivity index (χ1v) is 7.98. The molecule has 1 saturated heterocycles. The van der Waals surface area contributed by atoms with E-state index in [4.69, 9.17) is 14.2 Å². The molecule has 2 rings (SSSR count). The van der Waals surface area contributed by atoms with Crippen molar-refractivity contribution in [3.8, 4) is 0 Å². The highest BCUT2D eigenvalue weighted by Gasteiger charge is 2.52. The van der Waals surface area contributed by atoms with E-state index in [0.717, 1.165) is 5.56 Å². The molecule has 0 bridgehead atoms. The van der Waals surface area contributed by atoms with Gasteiger partial charge in [0.15, 0.2) is 6.04 Å². The lowest BCUT2D eigenvalue weighted by molar-refractivity contribution is -0.146. The maximum atomic E-state index is 12.7. The largest absolute Gasteiger partial charge is 0.467 e. The van der Waals surface area contributed by atoms with Gasteiger partial charge in [-0.05, 0) is 12.5 Å². The van der Waals surface area contributed by atoms with Crippen molar-refractivity contribution in [2.45, 2.75) is 52.7 Å². The normalized spacial score (nSPS) is 23.9. The molecule has 0 N–H and O–H groups in total. The lowest BCUT2D eigenvalue weighted by atomic mass is 9.93. The molecule has 0 aliphatic carbocycles. The summed E-state index contributed by atoms with van der Waals surface area (Å²) in [6, 6.07) is 8.57. The third-order valence-electron chi connectivity index (χ3n) is 3.94. The summed E-state index contributed by atoms with van der Waals surface area (Å²) < 4.78 is 16.1. The summed E-state index contributed by atoms with van der Waals surface area (Å²) >= 11 is 0. The molecule has 3 atom stereocenters. The third-order valence-corrected chi connectivity index (χ3v) is 3.94. The van der Waals surface area contributed by atoms with Crippen LogP contribution in [0.1, 0.15) is 33.3 Å². The molecule has 1 fully saturated rings. The lowest BCUT2D eigenvalue weighted by Gasteiger charge is -2.34. The Kier molecular flexibility index (Phi) is 5.49. The smallest absolute Gasteiger partial charge is 0.413 e. The van der Waals surface area contributed by atoms with Crippen molar-refractivity contribution in [2.75, 3.05) is 7.11 Å². The van der Waals surface area contributed by atoms with Crippen LogP contribution in [0, 0.1) is 5.41 Å². The van der Waals surface area contributed by atoms with Crippen LogP contribution in [0.4, 0.5) is 4.79 Å². The van der Waals surface area contributed by atoms with E-state index < -0.39 is 30.4 Å². The number of carbonyl (C=O) groups is 2. The summed E-state index contributed by atoms with van der Waals surface area (Å²) in [6.07, 6.45) is -1.62. The number of benzene rings is 1. The quantitative estimate of drug-likeness (QED) is 0.795. The average molecular weight is 335 g/mol. The molecule has 1 heterocycles. The summed E-state index contributed by atoms with van der Waals surface area (Å²) in [6.45, 7) is 7.73. The SMILES string of the molecule is COC(=O)[C@@H]1[C@@H](C)O[C@H](C(C)(C)C)N1C(=O)OCc1ccccc1. The van der Waals surface area contributed by atoms with E-state index in [2.05, 4.69) is 0 Å². The Balaban J connectivity index is 2.19. The van der Waals surface area contributed by atoms with Gasteiger partial charge < -0.3 is 14.2 Å². The Hall–Kier alpha value is -2.08. The van der Waals surface area contributed by atoms with Crippen LogP contribution in [0.3, 0.4) is 0 Å². The number of carbonyl (C=O) groups excluding carboxylic acids is 2. The molecule has 1 aliphatic rings. The van der Waals surface area contributed by atoms with Crippen LogP contribution in [-0.2, 0) is 25.6 Å². The first-order chi connectivity index (χ1) is 11.3. The lowest BCUT2D eigenvalue weighted by Crippen LogP contribution is -2.51. The van der Waals surface area contributed by atoms with Crippen LogP contribution in [0.2, 0.25) is 0 Å².